The first-order valence-electron chi connectivity index (χ1n) is 14.1. The van der Waals surface area contributed by atoms with Gasteiger partial charge in [-0.3, -0.25) is 13.8 Å². The number of imidazole rings is 1. The first-order valence-corrected chi connectivity index (χ1v) is 14.1. The van der Waals surface area contributed by atoms with Crippen LogP contribution in [0.25, 0.3) is 28.1 Å². The smallest absolute Gasteiger partial charge is 0.410 e. The fourth-order valence-corrected chi connectivity index (χ4v) is 5.76. The van der Waals surface area contributed by atoms with Gasteiger partial charge in [0.2, 0.25) is 0 Å². The van der Waals surface area contributed by atoms with Crippen molar-refractivity contribution in [3.8, 4) is 17.2 Å². The zero-order valence-electron chi connectivity index (χ0n) is 25.1. The number of carbonyl (C=O) groups is 1. The normalized spacial score (nSPS) is 15.3. The minimum atomic E-state index is -0.694. The Labute approximate surface area is 246 Å². The van der Waals surface area contributed by atoms with Gasteiger partial charge in [-0.05, 0) is 76.9 Å². The molecule has 1 amide bonds. The number of rotatable bonds is 3. The van der Waals surface area contributed by atoms with Crippen LogP contribution in [-0.2, 0) is 18.2 Å². The molecule has 4 heterocycles. The lowest BCUT2D eigenvalue weighted by Crippen LogP contribution is -2.42. The van der Waals surface area contributed by atoms with E-state index in [4.69, 9.17) is 9.84 Å². The number of hydrogen-bond acceptors (Lipinski definition) is 5. The van der Waals surface area contributed by atoms with E-state index in [1.807, 2.05) is 6.92 Å². The second-order valence-corrected chi connectivity index (χ2v) is 12.0. The Morgan fingerprint density at radius 3 is 2.37 bits per heavy atom. The summed E-state index contributed by atoms with van der Waals surface area (Å²) < 4.78 is 41.7. The standard InChI is InChI=1S/C31H33F2N7O3/c1-17-14-20(15-18(2)26(17)32)40-28(25-19(3)37(11-10-23(25)35-40)30(42)43-31(4,5)6)39-13-12-38(29(39)41)24-9-8-22-21(27(24)33)16-36(7)34-22/h8-9,12-16,19H,10-11H2,1-7H3/t19-/m0/s1. The number of amides is 1. The molecule has 0 radical (unpaired) electrons. The summed E-state index contributed by atoms with van der Waals surface area (Å²) in [6.45, 7) is 11.0. The molecule has 0 saturated carbocycles. The van der Waals surface area contributed by atoms with Crippen LogP contribution >= 0.6 is 0 Å². The molecule has 0 unspecified atom stereocenters. The van der Waals surface area contributed by atoms with Gasteiger partial charge in [0.15, 0.2) is 5.82 Å². The van der Waals surface area contributed by atoms with Crippen molar-refractivity contribution in [1.82, 2.24) is 33.6 Å². The number of hydrogen-bond donors (Lipinski definition) is 0. The van der Waals surface area contributed by atoms with Gasteiger partial charge in [0.05, 0.1) is 34.0 Å². The molecule has 10 nitrogen and oxygen atoms in total. The number of ether oxygens (including phenoxy) is 1. The molecule has 224 valence electrons. The molecule has 0 spiro atoms. The fraction of sp³-hybridized carbons (Fsp3) is 0.355. The van der Waals surface area contributed by atoms with Crippen LogP contribution in [0.5, 0.6) is 0 Å². The quantitative estimate of drug-likeness (QED) is 0.279. The van der Waals surface area contributed by atoms with Gasteiger partial charge in [-0.1, -0.05) is 0 Å². The Morgan fingerprint density at radius 2 is 1.70 bits per heavy atom. The van der Waals surface area contributed by atoms with E-state index in [0.29, 0.717) is 57.8 Å². The summed E-state index contributed by atoms with van der Waals surface area (Å²) in [5, 5.41) is 9.41. The minimum absolute atomic E-state index is 0.0704. The molecule has 0 bridgehead atoms. The summed E-state index contributed by atoms with van der Waals surface area (Å²) in [6, 6.07) is 6.00. The second kappa shape index (κ2) is 9.92. The van der Waals surface area contributed by atoms with Crippen molar-refractivity contribution in [3.63, 3.8) is 0 Å². The van der Waals surface area contributed by atoms with Crippen LogP contribution < -0.4 is 5.69 Å². The molecule has 0 aliphatic carbocycles. The van der Waals surface area contributed by atoms with E-state index in [0.717, 1.165) is 0 Å². The van der Waals surface area contributed by atoms with E-state index in [1.165, 1.54) is 26.1 Å². The molecule has 0 saturated heterocycles. The van der Waals surface area contributed by atoms with Gasteiger partial charge in [0, 0.05) is 44.2 Å². The van der Waals surface area contributed by atoms with E-state index in [9.17, 15) is 14.0 Å². The molecule has 1 aliphatic heterocycles. The van der Waals surface area contributed by atoms with E-state index < -0.39 is 29.2 Å². The van der Waals surface area contributed by atoms with Crippen LogP contribution in [0.1, 0.15) is 56.1 Å². The van der Waals surface area contributed by atoms with E-state index in [2.05, 4.69) is 5.10 Å². The van der Waals surface area contributed by atoms with Crippen LogP contribution in [0.2, 0.25) is 0 Å². The Bertz CT molecular complexity index is 1950. The maximum Gasteiger partial charge on any atom is 0.410 e. The third-order valence-electron chi connectivity index (χ3n) is 7.72. The van der Waals surface area contributed by atoms with Crippen LogP contribution in [0.15, 0.2) is 47.7 Å². The molecule has 3 aromatic heterocycles. The molecule has 12 heteroatoms. The van der Waals surface area contributed by atoms with Gasteiger partial charge < -0.3 is 9.64 Å². The van der Waals surface area contributed by atoms with E-state index >= 15 is 4.39 Å². The zero-order chi connectivity index (χ0) is 31.0. The Kier molecular flexibility index (Phi) is 6.55. The third kappa shape index (κ3) is 4.70. The predicted octanol–water partition coefficient (Wildman–Crippen LogP) is 5.45. The lowest BCUT2D eigenvalue weighted by Gasteiger charge is -2.34. The van der Waals surface area contributed by atoms with Gasteiger partial charge in [-0.25, -0.2) is 23.1 Å². The monoisotopic (exact) mass is 589 g/mol. The number of carbonyl (C=O) groups excluding carboxylic acids is 1. The number of halogens is 2. The van der Waals surface area contributed by atoms with Gasteiger partial charge >= 0.3 is 11.8 Å². The Morgan fingerprint density at radius 1 is 1.02 bits per heavy atom. The van der Waals surface area contributed by atoms with Crippen molar-refractivity contribution >= 4 is 17.0 Å². The third-order valence-corrected chi connectivity index (χ3v) is 7.72. The first-order chi connectivity index (χ1) is 20.2. The second-order valence-electron chi connectivity index (χ2n) is 12.0. The van der Waals surface area contributed by atoms with Gasteiger partial charge in [-0.15, -0.1) is 0 Å². The van der Waals surface area contributed by atoms with Crippen LogP contribution in [0, 0.1) is 25.5 Å². The molecule has 2 aromatic carbocycles. The van der Waals surface area contributed by atoms with Crippen molar-refractivity contribution in [1.29, 1.82) is 0 Å². The minimum Gasteiger partial charge on any atom is -0.444 e. The maximum absolute atomic E-state index is 15.6. The molecule has 43 heavy (non-hydrogen) atoms. The maximum atomic E-state index is 15.6. The van der Waals surface area contributed by atoms with Crippen molar-refractivity contribution < 1.29 is 18.3 Å². The number of benzene rings is 2. The number of aromatic nitrogens is 6. The molecular formula is C31H33F2N7O3. The van der Waals surface area contributed by atoms with Gasteiger partial charge in [-0.2, -0.15) is 10.2 Å². The van der Waals surface area contributed by atoms with Gasteiger partial charge in [0.1, 0.15) is 17.2 Å². The average Bonchev–Trinajstić information content (AvgIpc) is 3.61. The predicted molar refractivity (Wildman–Crippen MR) is 157 cm³/mol. The van der Waals surface area contributed by atoms with Crippen LogP contribution in [0.3, 0.4) is 0 Å². The molecule has 0 N–H and O–H groups in total. The summed E-state index contributed by atoms with van der Waals surface area (Å²) in [5.74, 6) is -0.515. The summed E-state index contributed by atoms with van der Waals surface area (Å²) in [6.07, 6.45) is 4.54. The SMILES string of the molecule is Cc1cc(-n2nc3c(c2-n2ccn(-c4ccc5nn(C)cc5c4F)c2=O)[C@H](C)N(C(=O)OC(C)(C)C)CC3)cc(C)c1F. The largest absolute Gasteiger partial charge is 0.444 e. The summed E-state index contributed by atoms with van der Waals surface area (Å²) in [7, 11) is 1.70. The summed E-state index contributed by atoms with van der Waals surface area (Å²) >= 11 is 0. The number of nitrogens with zero attached hydrogens (tertiary/aromatic N) is 7. The molecule has 5 aromatic rings. The van der Waals surface area contributed by atoms with Gasteiger partial charge in [0.25, 0.3) is 0 Å². The molecule has 0 fully saturated rings. The molecule has 1 aliphatic rings. The molecular weight excluding hydrogens is 556 g/mol. The summed E-state index contributed by atoms with van der Waals surface area (Å²) in [4.78, 5) is 28.9. The lowest BCUT2D eigenvalue weighted by atomic mass is 10.00. The van der Waals surface area contributed by atoms with E-state index in [1.54, 1.807) is 81.8 Å². The number of aryl methyl sites for hydroxylation is 3. The van der Waals surface area contributed by atoms with Crippen molar-refractivity contribution in [2.24, 2.45) is 7.05 Å². The average molecular weight is 590 g/mol. The highest BCUT2D eigenvalue weighted by Crippen LogP contribution is 2.36. The van der Waals surface area contributed by atoms with Crippen LogP contribution in [0.4, 0.5) is 13.6 Å². The highest BCUT2D eigenvalue weighted by Gasteiger charge is 2.37. The summed E-state index contributed by atoms with van der Waals surface area (Å²) in [5.41, 5.74) is 2.07. The van der Waals surface area contributed by atoms with E-state index in [-0.39, 0.29) is 11.5 Å². The highest BCUT2D eigenvalue weighted by atomic mass is 19.1. The Balaban J connectivity index is 1.55. The van der Waals surface area contributed by atoms with Crippen molar-refractivity contribution in [3.05, 3.63) is 87.4 Å². The lowest BCUT2D eigenvalue weighted by molar-refractivity contribution is 0.0159. The highest BCUT2D eigenvalue weighted by molar-refractivity contribution is 5.81. The topological polar surface area (TPSA) is 92.1 Å². The Hall–Kier alpha value is -4.74. The zero-order valence-corrected chi connectivity index (χ0v) is 25.1. The van der Waals surface area contributed by atoms with Crippen molar-refractivity contribution in [2.75, 3.05) is 6.54 Å². The molecule has 6 rings (SSSR count). The first kappa shape index (κ1) is 28.4. The fourth-order valence-electron chi connectivity index (χ4n) is 5.76. The molecule has 1 atom stereocenters. The van der Waals surface area contributed by atoms with Crippen LogP contribution in [-0.4, -0.2) is 51.8 Å². The van der Waals surface area contributed by atoms with Crippen molar-refractivity contribution in [2.45, 2.75) is 59.6 Å². The number of fused-ring (bicyclic) bond motifs is 2.